The molecule has 1 aromatic rings. The third-order valence-electron chi connectivity index (χ3n) is 3.31. The lowest BCUT2D eigenvalue weighted by Crippen LogP contribution is -2.26. The van der Waals surface area contributed by atoms with Gasteiger partial charge in [-0.1, -0.05) is 17.8 Å². The van der Waals surface area contributed by atoms with Crippen LogP contribution in [0.2, 0.25) is 0 Å². The van der Waals surface area contributed by atoms with Gasteiger partial charge in [0.05, 0.1) is 5.71 Å². The summed E-state index contributed by atoms with van der Waals surface area (Å²) in [4.78, 5) is 24.3. The van der Waals surface area contributed by atoms with Crippen molar-refractivity contribution in [2.75, 3.05) is 17.2 Å². The lowest BCUT2D eigenvalue weighted by Gasteiger charge is -2.16. The van der Waals surface area contributed by atoms with E-state index in [4.69, 9.17) is 0 Å². The van der Waals surface area contributed by atoms with E-state index >= 15 is 0 Å². The minimum Gasteiger partial charge on any atom is -0.312 e. The molecule has 0 atom stereocenters. The smallest absolute Gasteiger partial charge is 0.299 e. The van der Waals surface area contributed by atoms with Gasteiger partial charge in [-0.25, -0.2) is 5.43 Å². The number of fused-ring (bicyclic) bond motifs is 1. The maximum Gasteiger partial charge on any atom is 0.299 e. The fraction of sp³-hybridized carbons (Fsp3) is 0.308. The zero-order valence-electron chi connectivity index (χ0n) is 10.5. The monoisotopic (exact) mass is 275 g/mol. The van der Waals surface area contributed by atoms with Crippen LogP contribution in [0, 0.1) is 0 Å². The quantitative estimate of drug-likeness (QED) is 0.849. The number of hydrazone groups is 1. The van der Waals surface area contributed by atoms with E-state index in [1.165, 1.54) is 11.8 Å². The van der Waals surface area contributed by atoms with E-state index in [0.717, 1.165) is 35.5 Å². The summed E-state index contributed by atoms with van der Waals surface area (Å²) >= 11 is 1.21. The normalized spacial score (nSPS) is 17.8. The molecule has 5 nitrogen and oxygen atoms in total. The summed E-state index contributed by atoms with van der Waals surface area (Å²) in [6.45, 7) is 2.33. The third kappa shape index (κ3) is 2.23. The minimum absolute atomic E-state index is 0.0734. The van der Waals surface area contributed by atoms with Crippen LogP contribution in [0.3, 0.4) is 0 Å². The van der Waals surface area contributed by atoms with Crippen LogP contribution in [-0.2, 0) is 11.2 Å². The van der Waals surface area contributed by atoms with Crippen molar-refractivity contribution in [3.8, 4) is 0 Å². The van der Waals surface area contributed by atoms with Gasteiger partial charge in [0.1, 0.15) is 0 Å². The summed E-state index contributed by atoms with van der Waals surface area (Å²) in [6.07, 6.45) is 0.871. The summed E-state index contributed by atoms with van der Waals surface area (Å²) in [5.41, 5.74) is 6.51. The molecule has 0 saturated heterocycles. The summed E-state index contributed by atoms with van der Waals surface area (Å²) in [5.74, 6) is 0.658. The molecule has 0 unspecified atom stereocenters. The molecule has 2 aliphatic heterocycles. The Hall–Kier alpha value is -1.82. The number of nitrogens with zero attached hydrogens (tertiary/aromatic N) is 2. The van der Waals surface area contributed by atoms with Crippen molar-refractivity contribution in [3.05, 3.63) is 29.3 Å². The molecule has 0 fully saturated rings. The van der Waals surface area contributed by atoms with Gasteiger partial charge in [-0.15, -0.1) is 0 Å². The van der Waals surface area contributed by atoms with E-state index in [9.17, 15) is 9.59 Å². The number of nitrogens with one attached hydrogen (secondary N) is 1. The first-order chi connectivity index (χ1) is 9.15. The van der Waals surface area contributed by atoms with Gasteiger partial charge in [-0.3, -0.25) is 9.59 Å². The van der Waals surface area contributed by atoms with E-state index in [-0.39, 0.29) is 11.1 Å². The maximum absolute atomic E-state index is 11.5. The molecule has 0 aliphatic carbocycles. The Kier molecular flexibility index (Phi) is 3.02. The second kappa shape index (κ2) is 4.70. The fourth-order valence-electron chi connectivity index (χ4n) is 2.37. The SMILES string of the molecule is CC(=O)N1CCc2cc(C3=NNC(=O)SC3)ccc21. The van der Waals surface area contributed by atoms with Crippen LogP contribution in [-0.4, -0.2) is 29.2 Å². The molecule has 0 saturated carbocycles. The molecule has 98 valence electrons. The van der Waals surface area contributed by atoms with Gasteiger partial charge >= 0.3 is 0 Å². The van der Waals surface area contributed by atoms with Gasteiger partial charge in [-0.05, 0) is 29.7 Å². The largest absolute Gasteiger partial charge is 0.312 e. The summed E-state index contributed by atoms with van der Waals surface area (Å²) in [6, 6.07) is 5.98. The average Bonchev–Trinajstić information content (AvgIpc) is 2.82. The number of anilines is 1. The minimum atomic E-state index is -0.118. The summed E-state index contributed by atoms with van der Waals surface area (Å²) in [5, 5.41) is 3.96. The van der Waals surface area contributed by atoms with Gasteiger partial charge in [0.15, 0.2) is 0 Å². The van der Waals surface area contributed by atoms with Crippen LogP contribution < -0.4 is 10.3 Å². The Labute approximate surface area is 115 Å². The summed E-state index contributed by atoms with van der Waals surface area (Å²) in [7, 11) is 0. The number of amides is 2. The topological polar surface area (TPSA) is 61.8 Å². The molecule has 0 spiro atoms. The van der Waals surface area contributed by atoms with E-state index in [1.54, 1.807) is 11.8 Å². The van der Waals surface area contributed by atoms with Crippen LogP contribution in [0.1, 0.15) is 18.1 Å². The van der Waals surface area contributed by atoms with E-state index < -0.39 is 0 Å². The number of thioether (sulfide) groups is 1. The highest BCUT2D eigenvalue weighted by atomic mass is 32.2. The van der Waals surface area contributed by atoms with E-state index in [1.807, 2.05) is 12.1 Å². The fourth-order valence-corrected chi connectivity index (χ4v) is 2.98. The van der Waals surface area contributed by atoms with Gasteiger partial charge in [-0.2, -0.15) is 5.10 Å². The third-order valence-corrected chi connectivity index (χ3v) is 4.08. The number of hydrogen-bond acceptors (Lipinski definition) is 4. The second-order valence-electron chi connectivity index (χ2n) is 4.51. The van der Waals surface area contributed by atoms with Crippen LogP contribution >= 0.6 is 11.8 Å². The Morgan fingerprint density at radius 1 is 1.47 bits per heavy atom. The van der Waals surface area contributed by atoms with Crippen LogP contribution in [0.4, 0.5) is 10.5 Å². The molecule has 2 aliphatic rings. The van der Waals surface area contributed by atoms with Crippen LogP contribution in [0.25, 0.3) is 0 Å². The lowest BCUT2D eigenvalue weighted by atomic mass is 10.1. The predicted octanol–water partition coefficient (Wildman–Crippen LogP) is 1.76. The molecule has 2 amide bonds. The zero-order chi connectivity index (χ0) is 13.4. The molecular weight excluding hydrogens is 262 g/mol. The molecule has 1 aromatic carbocycles. The Morgan fingerprint density at radius 2 is 2.32 bits per heavy atom. The Balaban J connectivity index is 1.91. The maximum atomic E-state index is 11.5. The first-order valence-corrected chi connectivity index (χ1v) is 7.04. The molecule has 0 radical (unpaired) electrons. The molecule has 0 aromatic heterocycles. The molecule has 19 heavy (non-hydrogen) atoms. The molecule has 2 heterocycles. The van der Waals surface area contributed by atoms with Gasteiger partial charge in [0.25, 0.3) is 5.24 Å². The van der Waals surface area contributed by atoms with Crippen molar-refractivity contribution in [2.45, 2.75) is 13.3 Å². The Morgan fingerprint density at radius 3 is 3.00 bits per heavy atom. The van der Waals surface area contributed by atoms with Gasteiger partial charge in [0, 0.05) is 24.9 Å². The average molecular weight is 275 g/mol. The zero-order valence-corrected chi connectivity index (χ0v) is 11.3. The number of hydrogen-bond donors (Lipinski definition) is 1. The number of rotatable bonds is 1. The van der Waals surface area contributed by atoms with Crippen molar-refractivity contribution in [3.63, 3.8) is 0 Å². The van der Waals surface area contributed by atoms with Crippen molar-refractivity contribution in [1.29, 1.82) is 0 Å². The first kappa shape index (κ1) is 12.2. The number of carbonyl (C=O) groups excluding carboxylic acids is 2. The van der Waals surface area contributed by atoms with Crippen molar-refractivity contribution in [1.82, 2.24) is 5.43 Å². The Bertz CT molecular complexity index is 598. The van der Waals surface area contributed by atoms with E-state index in [2.05, 4.69) is 16.6 Å². The first-order valence-electron chi connectivity index (χ1n) is 6.06. The van der Waals surface area contributed by atoms with Crippen molar-refractivity contribution in [2.24, 2.45) is 5.10 Å². The highest BCUT2D eigenvalue weighted by Crippen LogP contribution is 2.29. The van der Waals surface area contributed by atoms with Crippen molar-refractivity contribution >= 4 is 34.3 Å². The highest BCUT2D eigenvalue weighted by Gasteiger charge is 2.23. The second-order valence-corrected chi connectivity index (χ2v) is 5.46. The highest BCUT2D eigenvalue weighted by molar-refractivity contribution is 8.14. The van der Waals surface area contributed by atoms with Gasteiger partial charge in [0.2, 0.25) is 5.91 Å². The number of carbonyl (C=O) groups is 2. The summed E-state index contributed by atoms with van der Waals surface area (Å²) < 4.78 is 0. The molecule has 3 rings (SSSR count). The van der Waals surface area contributed by atoms with Gasteiger partial charge < -0.3 is 4.90 Å². The lowest BCUT2D eigenvalue weighted by molar-refractivity contribution is -0.116. The van der Waals surface area contributed by atoms with Crippen LogP contribution in [0.15, 0.2) is 23.3 Å². The molecular formula is C13H13N3O2S. The predicted molar refractivity (Wildman–Crippen MR) is 75.7 cm³/mol. The van der Waals surface area contributed by atoms with Crippen molar-refractivity contribution < 1.29 is 9.59 Å². The van der Waals surface area contributed by atoms with E-state index in [0.29, 0.717) is 5.75 Å². The standard InChI is InChI=1S/C13H13N3O2S/c1-8(17)16-5-4-10-6-9(2-3-12(10)16)11-7-19-13(18)15-14-11/h2-3,6H,4-5,7H2,1H3,(H,15,18). The molecule has 1 N–H and O–H groups in total. The van der Waals surface area contributed by atoms with Crippen LogP contribution in [0.5, 0.6) is 0 Å². The molecule has 6 heteroatoms. The number of benzene rings is 1. The molecule has 0 bridgehead atoms.